The summed E-state index contributed by atoms with van der Waals surface area (Å²) in [5, 5.41) is 5.32. The first kappa shape index (κ1) is 14.4. The maximum atomic E-state index is 11.5. The largest absolute Gasteiger partial charge is 0.398 e. The molecule has 1 rings (SSSR count). The first-order chi connectivity index (χ1) is 8.59. The molecule has 0 fully saturated rings. The van der Waals surface area contributed by atoms with E-state index in [0.717, 1.165) is 4.90 Å². The smallest absolute Gasteiger partial charge is 0.230 e. The van der Waals surface area contributed by atoms with E-state index in [1.165, 1.54) is 18.7 Å². The molecule has 6 heteroatoms. The lowest BCUT2D eigenvalue weighted by Crippen LogP contribution is -2.34. The second kappa shape index (κ2) is 7.60. The van der Waals surface area contributed by atoms with Crippen molar-refractivity contribution in [3.05, 3.63) is 24.3 Å². The van der Waals surface area contributed by atoms with Crippen molar-refractivity contribution in [2.24, 2.45) is 0 Å². The Kier molecular flexibility index (Phi) is 6.07. The molecular weight excluding hydrogens is 250 g/mol. The van der Waals surface area contributed by atoms with Crippen LogP contribution in [0.3, 0.4) is 0 Å². The van der Waals surface area contributed by atoms with E-state index in [1.54, 1.807) is 6.07 Å². The number of nitrogens with two attached hydrogens (primary N) is 1. The van der Waals surface area contributed by atoms with E-state index in [0.29, 0.717) is 24.5 Å². The molecule has 0 unspecified atom stereocenters. The molecule has 0 aliphatic rings. The van der Waals surface area contributed by atoms with Gasteiger partial charge in [0.2, 0.25) is 11.8 Å². The predicted molar refractivity (Wildman–Crippen MR) is 73.3 cm³/mol. The lowest BCUT2D eigenvalue weighted by molar-refractivity contribution is -0.120. The molecule has 0 bridgehead atoms. The molecule has 0 aliphatic carbocycles. The first-order valence-corrected chi connectivity index (χ1v) is 6.56. The van der Waals surface area contributed by atoms with E-state index >= 15 is 0 Å². The van der Waals surface area contributed by atoms with Crippen LogP contribution in [-0.4, -0.2) is 30.7 Å². The summed E-state index contributed by atoms with van der Waals surface area (Å²) in [4.78, 5) is 23.0. The number of carbonyl (C=O) groups excluding carboxylic acids is 2. The molecule has 18 heavy (non-hydrogen) atoms. The Balaban J connectivity index is 2.21. The molecule has 0 radical (unpaired) electrons. The van der Waals surface area contributed by atoms with E-state index < -0.39 is 0 Å². The van der Waals surface area contributed by atoms with Gasteiger partial charge in [-0.15, -0.1) is 11.8 Å². The van der Waals surface area contributed by atoms with E-state index in [1.807, 2.05) is 18.2 Å². The number of para-hydroxylation sites is 1. The van der Waals surface area contributed by atoms with Crippen LogP contribution in [0.15, 0.2) is 29.2 Å². The number of benzene rings is 1. The van der Waals surface area contributed by atoms with Crippen molar-refractivity contribution in [2.45, 2.75) is 11.8 Å². The van der Waals surface area contributed by atoms with Crippen molar-refractivity contribution in [3.8, 4) is 0 Å². The third-order valence-electron chi connectivity index (χ3n) is 2.10. The molecule has 1 aromatic rings. The van der Waals surface area contributed by atoms with Gasteiger partial charge in [-0.25, -0.2) is 0 Å². The third-order valence-corrected chi connectivity index (χ3v) is 3.19. The fourth-order valence-electron chi connectivity index (χ4n) is 1.25. The zero-order chi connectivity index (χ0) is 13.4. The first-order valence-electron chi connectivity index (χ1n) is 5.58. The molecule has 5 nitrogen and oxygen atoms in total. The highest BCUT2D eigenvalue weighted by Crippen LogP contribution is 2.23. The average Bonchev–Trinajstić information content (AvgIpc) is 2.33. The molecule has 0 heterocycles. The van der Waals surface area contributed by atoms with Crippen molar-refractivity contribution < 1.29 is 9.59 Å². The van der Waals surface area contributed by atoms with E-state index in [2.05, 4.69) is 10.6 Å². The Morgan fingerprint density at radius 1 is 1.22 bits per heavy atom. The highest BCUT2D eigenvalue weighted by Gasteiger charge is 2.04. The maximum Gasteiger partial charge on any atom is 0.230 e. The minimum atomic E-state index is -0.101. The van der Waals surface area contributed by atoms with Crippen molar-refractivity contribution in [1.29, 1.82) is 0 Å². The normalized spacial score (nSPS) is 9.83. The van der Waals surface area contributed by atoms with Gasteiger partial charge in [0, 0.05) is 30.6 Å². The molecule has 98 valence electrons. The van der Waals surface area contributed by atoms with Gasteiger partial charge in [-0.2, -0.15) is 0 Å². The minimum Gasteiger partial charge on any atom is -0.398 e. The van der Waals surface area contributed by atoms with E-state index in [9.17, 15) is 9.59 Å². The van der Waals surface area contributed by atoms with Crippen molar-refractivity contribution in [1.82, 2.24) is 10.6 Å². The molecule has 0 atom stereocenters. The number of carbonyl (C=O) groups is 2. The Morgan fingerprint density at radius 3 is 2.56 bits per heavy atom. The number of hydrogen-bond donors (Lipinski definition) is 3. The van der Waals surface area contributed by atoms with Crippen molar-refractivity contribution >= 4 is 29.3 Å². The minimum absolute atomic E-state index is 0.0754. The highest BCUT2D eigenvalue weighted by atomic mass is 32.2. The monoisotopic (exact) mass is 267 g/mol. The van der Waals surface area contributed by atoms with Gasteiger partial charge in [-0.3, -0.25) is 9.59 Å². The van der Waals surface area contributed by atoms with Crippen LogP contribution in [0.2, 0.25) is 0 Å². The van der Waals surface area contributed by atoms with Crippen molar-refractivity contribution in [3.63, 3.8) is 0 Å². The maximum absolute atomic E-state index is 11.5. The Morgan fingerprint density at radius 2 is 1.89 bits per heavy atom. The van der Waals surface area contributed by atoms with Crippen LogP contribution >= 0.6 is 11.8 Å². The van der Waals surface area contributed by atoms with E-state index in [4.69, 9.17) is 5.73 Å². The lowest BCUT2D eigenvalue weighted by atomic mass is 10.3. The SMILES string of the molecule is CC(=O)NCCNC(=O)CSc1ccccc1N. The summed E-state index contributed by atoms with van der Waals surface area (Å²) in [6.45, 7) is 2.32. The van der Waals surface area contributed by atoms with Crippen LogP contribution in [0.4, 0.5) is 5.69 Å². The number of rotatable bonds is 6. The second-order valence-corrected chi connectivity index (χ2v) is 4.68. The Bertz CT molecular complexity index is 424. The average molecular weight is 267 g/mol. The van der Waals surface area contributed by atoms with Crippen LogP contribution in [0.1, 0.15) is 6.92 Å². The molecule has 2 amide bonds. The fraction of sp³-hybridized carbons (Fsp3) is 0.333. The van der Waals surface area contributed by atoms with Crippen molar-refractivity contribution in [2.75, 3.05) is 24.6 Å². The second-order valence-electron chi connectivity index (χ2n) is 3.66. The number of anilines is 1. The number of nitrogen functional groups attached to an aromatic ring is 1. The third kappa shape index (κ3) is 5.58. The zero-order valence-corrected chi connectivity index (χ0v) is 11.0. The van der Waals surface area contributed by atoms with E-state index in [-0.39, 0.29) is 11.8 Å². The van der Waals surface area contributed by atoms with Gasteiger partial charge in [0.25, 0.3) is 0 Å². The van der Waals surface area contributed by atoms with Crippen LogP contribution in [0, 0.1) is 0 Å². The van der Waals surface area contributed by atoms with Gasteiger partial charge in [0.05, 0.1) is 5.75 Å². The molecule has 0 aromatic heterocycles. The topological polar surface area (TPSA) is 84.2 Å². The highest BCUT2D eigenvalue weighted by molar-refractivity contribution is 8.00. The summed E-state index contributed by atoms with van der Waals surface area (Å²) in [5.74, 6) is 0.137. The lowest BCUT2D eigenvalue weighted by Gasteiger charge is -2.06. The Labute approximate surface area is 111 Å². The van der Waals surface area contributed by atoms with Gasteiger partial charge >= 0.3 is 0 Å². The standard InChI is InChI=1S/C12H17N3O2S/c1-9(16)14-6-7-15-12(17)8-18-11-5-3-2-4-10(11)13/h2-5H,6-8,13H2,1H3,(H,14,16)(H,15,17). The molecule has 0 aliphatic heterocycles. The van der Waals surface area contributed by atoms with Gasteiger partial charge in [0.15, 0.2) is 0 Å². The molecule has 1 aromatic carbocycles. The molecular formula is C12H17N3O2S. The van der Waals surface area contributed by atoms with Crippen LogP contribution in [-0.2, 0) is 9.59 Å². The van der Waals surface area contributed by atoms with Crippen LogP contribution < -0.4 is 16.4 Å². The van der Waals surface area contributed by atoms with Gasteiger partial charge in [0.1, 0.15) is 0 Å². The predicted octanol–water partition coefficient (Wildman–Crippen LogP) is 0.613. The summed E-state index contributed by atoms with van der Waals surface area (Å²) in [5.41, 5.74) is 6.44. The summed E-state index contributed by atoms with van der Waals surface area (Å²) >= 11 is 1.40. The number of hydrogen-bond acceptors (Lipinski definition) is 4. The zero-order valence-electron chi connectivity index (χ0n) is 10.2. The van der Waals surface area contributed by atoms with Crippen LogP contribution in [0.25, 0.3) is 0 Å². The summed E-state index contributed by atoms with van der Waals surface area (Å²) in [7, 11) is 0. The van der Waals surface area contributed by atoms with Gasteiger partial charge in [-0.05, 0) is 12.1 Å². The summed E-state index contributed by atoms with van der Waals surface area (Å²) in [6.07, 6.45) is 0. The Hall–Kier alpha value is -1.69. The molecule has 0 spiro atoms. The molecule has 4 N–H and O–H groups in total. The van der Waals surface area contributed by atoms with Crippen LogP contribution in [0.5, 0.6) is 0 Å². The quantitative estimate of drug-likeness (QED) is 0.400. The molecule has 0 saturated heterocycles. The number of thioether (sulfide) groups is 1. The molecule has 0 saturated carbocycles. The van der Waals surface area contributed by atoms with Gasteiger partial charge in [-0.1, -0.05) is 12.1 Å². The summed E-state index contributed by atoms with van der Waals surface area (Å²) in [6, 6.07) is 7.42. The van der Waals surface area contributed by atoms with Gasteiger partial charge < -0.3 is 16.4 Å². The fourth-order valence-corrected chi connectivity index (χ4v) is 2.04. The number of amides is 2. The number of nitrogens with one attached hydrogen (secondary N) is 2. The summed E-state index contributed by atoms with van der Waals surface area (Å²) < 4.78 is 0.